The van der Waals surface area contributed by atoms with Gasteiger partial charge in [0, 0.05) is 16.3 Å². The Kier molecular flexibility index (Phi) is 10.1. The molecule has 0 bridgehead atoms. The second-order valence-corrected chi connectivity index (χ2v) is 16.9. The van der Waals surface area contributed by atoms with E-state index in [9.17, 15) is 0 Å². The summed E-state index contributed by atoms with van der Waals surface area (Å²) >= 11 is 0. The lowest BCUT2D eigenvalue weighted by Gasteiger charge is -2.41. The summed E-state index contributed by atoms with van der Waals surface area (Å²) in [6.07, 6.45) is 0. The number of nitrogens with zero attached hydrogens (tertiary/aromatic N) is 1. The normalized spacial score (nSPS) is 11.4. The van der Waals surface area contributed by atoms with Crippen LogP contribution in [0, 0.1) is 83.1 Å². The molecule has 5 aromatic rings. The standard InChI is InChI=1S/C42H49N2P2/c1-25-17-29(5)39(30(6)18-25)45(40-31(7)19-26(2)20-32(40)8)43-37-15-13-14-16-38(37)44-46(41-33(9)21-27(3)22-34(41)10)42-35(11)23-28(4)24-36(42)12/h13-24,43H,1-12H3/q-1. The summed E-state index contributed by atoms with van der Waals surface area (Å²) in [5, 5.41) is 15.5. The molecule has 0 aliphatic heterocycles. The molecule has 0 fully saturated rings. The van der Waals surface area contributed by atoms with Crippen LogP contribution < -0.4 is 26.3 Å². The van der Waals surface area contributed by atoms with Gasteiger partial charge in [-0.1, -0.05) is 89.0 Å². The van der Waals surface area contributed by atoms with Gasteiger partial charge in [0.15, 0.2) is 0 Å². The summed E-state index contributed by atoms with van der Waals surface area (Å²) in [5.41, 5.74) is 17.9. The first-order valence-electron chi connectivity index (χ1n) is 16.2. The first kappa shape index (κ1) is 33.9. The summed E-state index contributed by atoms with van der Waals surface area (Å²) in [5.74, 6) is 0. The lowest BCUT2D eigenvalue weighted by atomic mass is 10.1. The van der Waals surface area contributed by atoms with Gasteiger partial charge in [0.05, 0.1) is 8.07 Å². The summed E-state index contributed by atoms with van der Waals surface area (Å²) in [6, 6.07) is 27.3. The molecule has 0 saturated heterocycles. The SMILES string of the molecule is Cc1cc(C)c(P([N-]c2ccccc2NP(c2c(C)cc(C)cc2C)c2c(C)cc(C)cc2C)c2c(C)cc(C)cc2C)c(C)c1. The minimum atomic E-state index is -1.03. The third-order valence-corrected chi connectivity index (χ3v) is 14.2. The Balaban J connectivity index is 1.70. The zero-order valence-electron chi connectivity index (χ0n) is 29.8. The number of para-hydroxylation sites is 1. The van der Waals surface area contributed by atoms with Gasteiger partial charge in [0.1, 0.15) is 0 Å². The van der Waals surface area contributed by atoms with Gasteiger partial charge in [-0.3, -0.25) is 0 Å². The van der Waals surface area contributed by atoms with E-state index in [2.05, 4.69) is 161 Å². The maximum Gasteiger partial charge on any atom is 0.0533 e. The van der Waals surface area contributed by atoms with Crippen molar-refractivity contribution in [2.75, 3.05) is 5.09 Å². The Morgan fingerprint density at radius 2 is 0.717 bits per heavy atom. The van der Waals surface area contributed by atoms with Crippen LogP contribution in [-0.2, 0) is 0 Å². The number of aryl methyl sites for hydroxylation is 12. The van der Waals surface area contributed by atoms with Crippen LogP contribution in [0.25, 0.3) is 5.09 Å². The summed E-state index contributed by atoms with van der Waals surface area (Å²) in [6.45, 7) is 26.9. The fraction of sp³-hybridized carbons (Fsp3) is 0.286. The van der Waals surface area contributed by atoms with Crippen LogP contribution in [0.3, 0.4) is 0 Å². The van der Waals surface area contributed by atoms with Gasteiger partial charge in [-0.25, -0.2) is 0 Å². The molecule has 0 aromatic heterocycles. The molecule has 0 unspecified atom stereocenters. The molecular formula is C42H49N2P2-. The molecule has 46 heavy (non-hydrogen) atoms. The average molecular weight is 644 g/mol. The van der Waals surface area contributed by atoms with E-state index in [1.807, 2.05) is 0 Å². The predicted molar refractivity (Wildman–Crippen MR) is 208 cm³/mol. The van der Waals surface area contributed by atoms with E-state index in [-0.39, 0.29) is 0 Å². The lowest BCUT2D eigenvalue weighted by Crippen LogP contribution is -2.25. The van der Waals surface area contributed by atoms with Crippen molar-refractivity contribution in [2.24, 2.45) is 0 Å². The molecule has 0 saturated carbocycles. The van der Waals surface area contributed by atoms with Gasteiger partial charge in [0.2, 0.25) is 0 Å². The molecule has 238 valence electrons. The summed E-state index contributed by atoms with van der Waals surface area (Å²) < 4.78 is 0. The molecule has 0 heterocycles. The Bertz CT molecular complexity index is 1590. The van der Waals surface area contributed by atoms with Crippen molar-refractivity contribution < 1.29 is 0 Å². The van der Waals surface area contributed by atoms with E-state index >= 15 is 0 Å². The Labute approximate surface area is 280 Å². The molecule has 0 aliphatic rings. The molecule has 0 spiro atoms. The third kappa shape index (κ3) is 6.95. The predicted octanol–water partition coefficient (Wildman–Crippen LogP) is 10.9. The van der Waals surface area contributed by atoms with E-state index in [1.165, 1.54) is 88.0 Å². The van der Waals surface area contributed by atoms with Crippen molar-refractivity contribution in [3.63, 3.8) is 0 Å². The zero-order chi connectivity index (χ0) is 33.4. The number of hydrogen-bond donors (Lipinski definition) is 1. The van der Waals surface area contributed by atoms with Crippen molar-refractivity contribution in [1.82, 2.24) is 0 Å². The maximum atomic E-state index is 5.77. The molecule has 0 aliphatic carbocycles. The minimum Gasteiger partial charge on any atom is -0.651 e. The van der Waals surface area contributed by atoms with Crippen molar-refractivity contribution in [1.29, 1.82) is 0 Å². The van der Waals surface area contributed by atoms with Gasteiger partial charge in [-0.05, 0) is 144 Å². The van der Waals surface area contributed by atoms with Crippen molar-refractivity contribution >= 4 is 48.7 Å². The van der Waals surface area contributed by atoms with Gasteiger partial charge in [0.25, 0.3) is 0 Å². The lowest BCUT2D eigenvalue weighted by molar-refractivity contribution is 1.34. The summed E-state index contributed by atoms with van der Waals surface area (Å²) in [7, 11) is -1.95. The minimum absolute atomic E-state index is 0.921. The van der Waals surface area contributed by atoms with Crippen LogP contribution in [-0.4, -0.2) is 0 Å². The molecule has 0 radical (unpaired) electrons. The highest BCUT2D eigenvalue weighted by atomic mass is 31.1. The van der Waals surface area contributed by atoms with Crippen LogP contribution in [0.15, 0.2) is 72.8 Å². The second kappa shape index (κ2) is 13.7. The molecule has 1 N–H and O–H groups in total. The zero-order valence-corrected chi connectivity index (χ0v) is 31.6. The summed E-state index contributed by atoms with van der Waals surface area (Å²) in [4.78, 5) is 0. The monoisotopic (exact) mass is 643 g/mol. The fourth-order valence-corrected chi connectivity index (χ4v) is 12.3. The third-order valence-electron chi connectivity index (χ3n) is 8.76. The largest absolute Gasteiger partial charge is 0.651 e. The topological polar surface area (TPSA) is 26.1 Å². The van der Waals surface area contributed by atoms with Gasteiger partial charge in [-0.15, -0.1) is 13.8 Å². The maximum absolute atomic E-state index is 5.77. The molecule has 2 nitrogen and oxygen atoms in total. The first-order chi connectivity index (χ1) is 21.7. The number of hydrogen-bond acceptors (Lipinski definition) is 1. The first-order valence-corrected chi connectivity index (χ1v) is 18.9. The van der Waals surface area contributed by atoms with Crippen molar-refractivity contribution in [2.45, 2.75) is 83.1 Å². The molecular weight excluding hydrogens is 594 g/mol. The quantitative estimate of drug-likeness (QED) is 0.167. The number of rotatable bonds is 8. The smallest absolute Gasteiger partial charge is 0.0533 e. The van der Waals surface area contributed by atoms with Gasteiger partial charge in [-0.2, -0.15) is 0 Å². The number of benzene rings is 5. The van der Waals surface area contributed by atoms with Crippen LogP contribution in [0.2, 0.25) is 0 Å². The highest BCUT2D eigenvalue weighted by Gasteiger charge is 2.24. The van der Waals surface area contributed by atoms with Crippen molar-refractivity contribution in [3.05, 3.63) is 145 Å². The van der Waals surface area contributed by atoms with Gasteiger partial charge >= 0.3 is 0 Å². The van der Waals surface area contributed by atoms with E-state index in [4.69, 9.17) is 5.09 Å². The highest BCUT2D eigenvalue weighted by molar-refractivity contribution is 7.76. The van der Waals surface area contributed by atoms with Gasteiger partial charge < -0.3 is 10.2 Å². The Morgan fingerprint density at radius 1 is 0.413 bits per heavy atom. The molecule has 5 aromatic carbocycles. The van der Waals surface area contributed by atoms with E-state index < -0.39 is 16.1 Å². The van der Waals surface area contributed by atoms with E-state index in [0.29, 0.717) is 0 Å². The van der Waals surface area contributed by atoms with E-state index in [0.717, 1.165) is 11.4 Å². The molecule has 0 atom stereocenters. The van der Waals surface area contributed by atoms with E-state index in [1.54, 1.807) is 0 Å². The second-order valence-electron chi connectivity index (χ2n) is 13.4. The van der Waals surface area contributed by atoms with Crippen molar-refractivity contribution in [3.8, 4) is 0 Å². The Hall–Kier alpha value is -3.44. The molecule has 5 rings (SSSR count). The van der Waals surface area contributed by atoms with Crippen LogP contribution >= 0.6 is 16.1 Å². The molecule has 4 heteroatoms. The van der Waals surface area contributed by atoms with Crippen LogP contribution in [0.4, 0.5) is 11.4 Å². The highest BCUT2D eigenvalue weighted by Crippen LogP contribution is 2.53. The number of nitrogens with one attached hydrogen (secondary N) is 1. The fourth-order valence-electron chi connectivity index (χ4n) is 7.38. The number of anilines is 1. The average Bonchev–Trinajstić information content (AvgIpc) is 2.91. The van der Waals surface area contributed by atoms with Crippen LogP contribution in [0.1, 0.15) is 66.8 Å². The molecule has 0 amide bonds. The van der Waals surface area contributed by atoms with Crippen LogP contribution in [0.5, 0.6) is 0 Å². The Morgan fingerprint density at radius 3 is 1.07 bits per heavy atom.